The summed E-state index contributed by atoms with van der Waals surface area (Å²) in [4.78, 5) is 37.5. The van der Waals surface area contributed by atoms with Gasteiger partial charge in [0, 0.05) is 13.2 Å². The number of hydrogen-bond donors (Lipinski definition) is 3. The van der Waals surface area contributed by atoms with E-state index in [0.717, 1.165) is 11.8 Å². The molecular weight excluding hydrogens is 270 g/mol. The molecule has 8 heteroatoms. The fourth-order valence-corrected chi connectivity index (χ4v) is 2.05. The van der Waals surface area contributed by atoms with Crippen molar-refractivity contribution in [2.24, 2.45) is 0 Å². The molecule has 0 aromatic carbocycles. The van der Waals surface area contributed by atoms with Crippen LogP contribution in [0.3, 0.4) is 0 Å². The number of aromatic nitrogens is 1. The smallest absolute Gasteiger partial charge is 0.338 e. The molecule has 3 N–H and O–H groups in total. The molecule has 0 bridgehead atoms. The van der Waals surface area contributed by atoms with Gasteiger partial charge in [0.1, 0.15) is 5.03 Å². The van der Waals surface area contributed by atoms with Crippen molar-refractivity contribution in [1.29, 1.82) is 0 Å². The van der Waals surface area contributed by atoms with E-state index in [4.69, 9.17) is 5.11 Å². The molecule has 102 valence electrons. The number of carbonyl (C=O) groups is 3. The number of rotatable bonds is 4. The standard InChI is InChI=1S/C11H13N3O4S/c1-6(8(15)14-11(18)12-2)19-9-7(10(16)17)4-3-5-13-9/h3-6H,1-2H3,(H,16,17)(H2,12,14,15,18). The average molecular weight is 283 g/mol. The Bertz CT molecular complexity index is 506. The summed E-state index contributed by atoms with van der Waals surface area (Å²) in [7, 11) is 1.39. The summed E-state index contributed by atoms with van der Waals surface area (Å²) in [6, 6.07) is 2.29. The fourth-order valence-electron chi connectivity index (χ4n) is 1.14. The van der Waals surface area contributed by atoms with Crippen LogP contribution in [0.1, 0.15) is 17.3 Å². The maximum Gasteiger partial charge on any atom is 0.338 e. The molecule has 0 spiro atoms. The zero-order chi connectivity index (χ0) is 14.4. The number of hydrogen-bond acceptors (Lipinski definition) is 5. The van der Waals surface area contributed by atoms with E-state index in [1.165, 1.54) is 25.4 Å². The normalized spacial score (nSPS) is 11.5. The van der Waals surface area contributed by atoms with Crippen LogP contribution >= 0.6 is 11.8 Å². The molecule has 0 saturated carbocycles. The maximum absolute atomic E-state index is 11.6. The van der Waals surface area contributed by atoms with Crippen LogP contribution in [0.15, 0.2) is 23.4 Å². The number of carbonyl (C=O) groups excluding carboxylic acids is 2. The molecule has 0 radical (unpaired) electrons. The number of imide groups is 1. The third-order valence-corrected chi connectivity index (χ3v) is 3.24. The number of carboxylic acids is 1. The number of aromatic carboxylic acids is 1. The van der Waals surface area contributed by atoms with Gasteiger partial charge in [-0.25, -0.2) is 14.6 Å². The van der Waals surface area contributed by atoms with Gasteiger partial charge in [-0.2, -0.15) is 0 Å². The molecule has 0 aliphatic rings. The summed E-state index contributed by atoms with van der Waals surface area (Å²) in [5.41, 5.74) is 0.0205. The summed E-state index contributed by atoms with van der Waals surface area (Å²) in [6.45, 7) is 1.56. The first-order valence-corrected chi connectivity index (χ1v) is 6.21. The summed E-state index contributed by atoms with van der Waals surface area (Å²) in [5.74, 6) is -1.64. The van der Waals surface area contributed by atoms with Gasteiger partial charge in [-0.15, -0.1) is 0 Å². The van der Waals surface area contributed by atoms with Crippen molar-refractivity contribution in [1.82, 2.24) is 15.6 Å². The first-order valence-electron chi connectivity index (χ1n) is 5.33. The van der Waals surface area contributed by atoms with Crippen molar-refractivity contribution in [3.05, 3.63) is 23.9 Å². The van der Waals surface area contributed by atoms with Crippen LogP contribution in [0.25, 0.3) is 0 Å². The number of amides is 3. The summed E-state index contributed by atoms with van der Waals surface area (Å²) < 4.78 is 0. The highest BCUT2D eigenvalue weighted by molar-refractivity contribution is 8.00. The van der Waals surface area contributed by atoms with Gasteiger partial charge in [-0.05, 0) is 19.1 Å². The highest BCUT2D eigenvalue weighted by atomic mass is 32.2. The van der Waals surface area contributed by atoms with Gasteiger partial charge >= 0.3 is 12.0 Å². The number of nitrogens with one attached hydrogen (secondary N) is 2. The first kappa shape index (κ1) is 15.0. The van der Waals surface area contributed by atoms with E-state index in [-0.39, 0.29) is 10.6 Å². The molecule has 1 rings (SSSR count). The lowest BCUT2D eigenvalue weighted by Crippen LogP contribution is -2.41. The van der Waals surface area contributed by atoms with E-state index in [1.54, 1.807) is 6.92 Å². The van der Waals surface area contributed by atoms with Crippen molar-refractivity contribution in [3.8, 4) is 0 Å². The maximum atomic E-state index is 11.6. The monoisotopic (exact) mass is 283 g/mol. The predicted octanol–water partition coefficient (Wildman–Crippen LogP) is 0.716. The van der Waals surface area contributed by atoms with Crippen molar-refractivity contribution < 1.29 is 19.5 Å². The van der Waals surface area contributed by atoms with Gasteiger partial charge in [0.2, 0.25) is 5.91 Å². The van der Waals surface area contributed by atoms with Crippen molar-refractivity contribution >= 4 is 29.7 Å². The molecule has 19 heavy (non-hydrogen) atoms. The van der Waals surface area contributed by atoms with Gasteiger partial charge in [0.25, 0.3) is 0 Å². The Morgan fingerprint density at radius 2 is 2.11 bits per heavy atom. The number of thioether (sulfide) groups is 1. The minimum absolute atomic E-state index is 0.0205. The molecule has 7 nitrogen and oxygen atoms in total. The van der Waals surface area contributed by atoms with E-state index in [1.807, 2.05) is 0 Å². The van der Waals surface area contributed by atoms with Crippen molar-refractivity contribution in [3.63, 3.8) is 0 Å². The Hall–Kier alpha value is -2.09. The molecule has 1 unspecified atom stereocenters. The van der Waals surface area contributed by atoms with E-state index in [0.29, 0.717) is 0 Å². The van der Waals surface area contributed by atoms with Crippen LogP contribution in [0.5, 0.6) is 0 Å². The highest BCUT2D eigenvalue weighted by Crippen LogP contribution is 2.24. The van der Waals surface area contributed by atoms with Crippen LogP contribution in [0.4, 0.5) is 4.79 Å². The zero-order valence-corrected chi connectivity index (χ0v) is 11.2. The van der Waals surface area contributed by atoms with Crippen LogP contribution in [0.2, 0.25) is 0 Å². The second kappa shape index (κ2) is 6.74. The van der Waals surface area contributed by atoms with Crippen LogP contribution in [-0.4, -0.2) is 40.3 Å². The quantitative estimate of drug-likeness (QED) is 0.702. The number of pyridine rings is 1. The summed E-state index contributed by atoms with van der Waals surface area (Å²) in [5, 5.41) is 12.9. The third kappa shape index (κ3) is 4.25. The second-order valence-corrected chi connectivity index (χ2v) is 4.82. The number of carboxylic acid groups (broad SMARTS) is 1. The fraction of sp³-hybridized carbons (Fsp3) is 0.273. The number of urea groups is 1. The van der Waals surface area contributed by atoms with Crippen molar-refractivity contribution in [2.45, 2.75) is 17.2 Å². The molecule has 1 atom stereocenters. The van der Waals surface area contributed by atoms with Gasteiger partial charge in [0.05, 0.1) is 10.8 Å². The van der Waals surface area contributed by atoms with E-state index < -0.39 is 23.2 Å². The predicted molar refractivity (Wildman–Crippen MR) is 69.1 cm³/mol. The van der Waals surface area contributed by atoms with Crippen LogP contribution in [-0.2, 0) is 4.79 Å². The molecule has 1 aromatic rings. The second-order valence-electron chi connectivity index (χ2n) is 3.49. The Balaban J connectivity index is 2.77. The topological polar surface area (TPSA) is 108 Å². The lowest BCUT2D eigenvalue weighted by atomic mass is 10.3. The largest absolute Gasteiger partial charge is 0.478 e. The first-order chi connectivity index (χ1) is 8.95. The Morgan fingerprint density at radius 1 is 1.42 bits per heavy atom. The molecule has 1 aromatic heterocycles. The van der Waals surface area contributed by atoms with Gasteiger partial charge in [0.15, 0.2) is 0 Å². The van der Waals surface area contributed by atoms with Gasteiger partial charge < -0.3 is 10.4 Å². The Kier molecular flexibility index (Phi) is 5.31. The summed E-state index contributed by atoms with van der Waals surface area (Å²) >= 11 is 0.975. The molecule has 0 aliphatic heterocycles. The van der Waals surface area contributed by atoms with Gasteiger partial charge in [-0.1, -0.05) is 11.8 Å². The molecule has 1 heterocycles. The van der Waals surface area contributed by atoms with Crippen LogP contribution in [0, 0.1) is 0 Å². The van der Waals surface area contributed by atoms with E-state index >= 15 is 0 Å². The van der Waals surface area contributed by atoms with E-state index in [9.17, 15) is 14.4 Å². The Labute approximate surface area is 113 Å². The van der Waals surface area contributed by atoms with E-state index in [2.05, 4.69) is 15.6 Å². The Morgan fingerprint density at radius 3 is 2.68 bits per heavy atom. The summed E-state index contributed by atoms with van der Waals surface area (Å²) in [6.07, 6.45) is 1.44. The molecular formula is C11H13N3O4S. The molecule has 0 saturated heterocycles. The highest BCUT2D eigenvalue weighted by Gasteiger charge is 2.20. The van der Waals surface area contributed by atoms with Crippen molar-refractivity contribution in [2.75, 3.05) is 7.05 Å². The average Bonchev–Trinajstić information content (AvgIpc) is 2.38. The minimum Gasteiger partial charge on any atom is -0.478 e. The van der Waals surface area contributed by atoms with Gasteiger partial charge in [-0.3, -0.25) is 10.1 Å². The SMILES string of the molecule is CNC(=O)NC(=O)C(C)Sc1ncccc1C(=O)O. The molecule has 0 aliphatic carbocycles. The minimum atomic E-state index is -1.12. The third-order valence-electron chi connectivity index (χ3n) is 2.12. The lowest BCUT2D eigenvalue weighted by molar-refractivity contribution is -0.119. The lowest BCUT2D eigenvalue weighted by Gasteiger charge is -2.11. The molecule has 0 fully saturated rings. The van der Waals surface area contributed by atoms with Crippen LogP contribution < -0.4 is 10.6 Å². The zero-order valence-electron chi connectivity index (χ0n) is 10.3. The number of nitrogens with zero attached hydrogens (tertiary/aromatic N) is 1. The molecule has 3 amide bonds.